The third kappa shape index (κ3) is 2.45. The standard InChI is InChI=1S/C16H18N2O2/c1-16(2,11-17)18-13(14(20-3)15(18)19)10-9-12-7-5-4-6-8-12/h4-10,13-14H,1-3H3/b10-9+/t13-,14+/m1/s1. The Bertz CT molecular complexity index is 558. The van der Waals surface area contributed by atoms with E-state index in [1.165, 1.54) is 7.11 Å². The van der Waals surface area contributed by atoms with Crippen LogP contribution in [0.25, 0.3) is 6.08 Å². The predicted octanol–water partition coefficient (Wildman–Crippen LogP) is 2.23. The maximum Gasteiger partial charge on any atom is 0.256 e. The molecule has 0 aromatic heterocycles. The maximum absolute atomic E-state index is 12.0. The highest BCUT2D eigenvalue weighted by Gasteiger charge is 2.52. The number of ether oxygens (including phenoxy) is 1. The van der Waals surface area contributed by atoms with Gasteiger partial charge in [-0.05, 0) is 19.4 Å². The van der Waals surface area contributed by atoms with Gasteiger partial charge in [0.25, 0.3) is 5.91 Å². The Hall–Kier alpha value is -2.12. The number of likely N-dealkylation sites (tertiary alicyclic amines) is 1. The lowest BCUT2D eigenvalue weighted by molar-refractivity contribution is -0.173. The average Bonchev–Trinajstić information content (AvgIpc) is 2.44. The SMILES string of the molecule is CO[C@@H]1C(=O)N(C(C)(C)C#N)[C@@H]1/C=C/c1ccccc1. The molecule has 1 aromatic rings. The molecular formula is C16H18N2O2. The second kappa shape index (κ2) is 5.48. The highest BCUT2D eigenvalue weighted by atomic mass is 16.5. The van der Waals surface area contributed by atoms with E-state index < -0.39 is 11.6 Å². The molecule has 0 unspecified atom stereocenters. The minimum absolute atomic E-state index is 0.137. The molecule has 1 saturated heterocycles. The predicted molar refractivity (Wildman–Crippen MR) is 76.6 cm³/mol. The first-order valence-electron chi connectivity index (χ1n) is 6.52. The summed E-state index contributed by atoms with van der Waals surface area (Å²) in [5, 5.41) is 9.20. The van der Waals surface area contributed by atoms with Gasteiger partial charge in [0.15, 0.2) is 6.10 Å². The van der Waals surface area contributed by atoms with Crippen LogP contribution < -0.4 is 0 Å². The molecule has 1 aromatic carbocycles. The van der Waals surface area contributed by atoms with Crippen LogP contribution >= 0.6 is 0 Å². The summed E-state index contributed by atoms with van der Waals surface area (Å²) in [5.74, 6) is -0.137. The Morgan fingerprint density at radius 2 is 2.00 bits per heavy atom. The third-order valence-electron chi connectivity index (χ3n) is 3.50. The number of carbonyl (C=O) groups is 1. The monoisotopic (exact) mass is 270 g/mol. The molecule has 2 atom stereocenters. The van der Waals surface area contributed by atoms with E-state index in [2.05, 4.69) is 6.07 Å². The summed E-state index contributed by atoms with van der Waals surface area (Å²) in [5.41, 5.74) is 0.217. The van der Waals surface area contributed by atoms with Crippen LogP contribution in [0.15, 0.2) is 36.4 Å². The lowest BCUT2D eigenvalue weighted by Gasteiger charge is -2.50. The topological polar surface area (TPSA) is 53.3 Å². The number of carbonyl (C=O) groups excluding carboxylic acids is 1. The van der Waals surface area contributed by atoms with Crippen molar-refractivity contribution in [1.29, 1.82) is 5.26 Å². The first-order valence-corrected chi connectivity index (χ1v) is 6.52. The molecule has 0 N–H and O–H groups in total. The molecule has 1 fully saturated rings. The van der Waals surface area contributed by atoms with Gasteiger partial charge >= 0.3 is 0 Å². The molecule has 0 spiro atoms. The lowest BCUT2D eigenvalue weighted by Crippen LogP contribution is -2.70. The van der Waals surface area contributed by atoms with E-state index >= 15 is 0 Å². The van der Waals surface area contributed by atoms with Gasteiger partial charge in [0.2, 0.25) is 0 Å². The zero-order chi connectivity index (χ0) is 14.8. The zero-order valence-electron chi connectivity index (χ0n) is 11.9. The molecule has 0 bridgehead atoms. The molecular weight excluding hydrogens is 252 g/mol. The fourth-order valence-electron chi connectivity index (χ4n) is 2.39. The van der Waals surface area contributed by atoms with Crippen molar-refractivity contribution in [2.24, 2.45) is 0 Å². The van der Waals surface area contributed by atoms with Gasteiger partial charge in [-0.1, -0.05) is 42.5 Å². The van der Waals surface area contributed by atoms with Crippen molar-refractivity contribution < 1.29 is 9.53 Å². The fourth-order valence-corrected chi connectivity index (χ4v) is 2.39. The second-order valence-electron chi connectivity index (χ2n) is 5.30. The smallest absolute Gasteiger partial charge is 0.256 e. The first-order chi connectivity index (χ1) is 9.51. The van der Waals surface area contributed by atoms with Crippen LogP contribution in [0.1, 0.15) is 19.4 Å². The van der Waals surface area contributed by atoms with Gasteiger partial charge in [-0.2, -0.15) is 5.26 Å². The summed E-state index contributed by atoms with van der Waals surface area (Å²) in [6.45, 7) is 3.47. The molecule has 2 rings (SSSR count). The molecule has 4 nitrogen and oxygen atoms in total. The Morgan fingerprint density at radius 3 is 2.55 bits per heavy atom. The number of methoxy groups -OCH3 is 1. The summed E-state index contributed by atoms with van der Waals surface area (Å²) < 4.78 is 5.22. The summed E-state index contributed by atoms with van der Waals surface area (Å²) >= 11 is 0. The quantitative estimate of drug-likeness (QED) is 0.788. The van der Waals surface area contributed by atoms with Crippen LogP contribution in [0.3, 0.4) is 0 Å². The van der Waals surface area contributed by atoms with Crippen molar-refractivity contribution in [3.05, 3.63) is 42.0 Å². The number of nitrogens with zero attached hydrogens (tertiary/aromatic N) is 2. The average molecular weight is 270 g/mol. The van der Waals surface area contributed by atoms with E-state index in [1.54, 1.807) is 18.7 Å². The van der Waals surface area contributed by atoms with E-state index in [-0.39, 0.29) is 11.9 Å². The highest BCUT2D eigenvalue weighted by molar-refractivity contribution is 5.90. The summed E-state index contributed by atoms with van der Waals surface area (Å²) in [6, 6.07) is 11.8. The van der Waals surface area contributed by atoms with Gasteiger partial charge in [-0.25, -0.2) is 0 Å². The van der Waals surface area contributed by atoms with Gasteiger partial charge in [0.1, 0.15) is 5.54 Å². The van der Waals surface area contributed by atoms with Crippen molar-refractivity contribution in [2.45, 2.75) is 31.5 Å². The van der Waals surface area contributed by atoms with E-state index in [9.17, 15) is 10.1 Å². The zero-order valence-corrected chi connectivity index (χ0v) is 11.9. The van der Waals surface area contributed by atoms with Crippen molar-refractivity contribution in [3.8, 4) is 6.07 Å². The van der Waals surface area contributed by atoms with Crippen LogP contribution in [0, 0.1) is 11.3 Å². The van der Waals surface area contributed by atoms with Crippen molar-refractivity contribution in [2.75, 3.05) is 7.11 Å². The number of benzene rings is 1. The molecule has 1 amide bonds. The molecule has 20 heavy (non-hydrogen) atoms. The minimum atomic E-state index is -0.836. The number of nitriles is 1. The van der Waals surface area contributed by atoms with Gasteiger partial charge in [0, 0.05) is 7.11 Å². The van der Waals surface area contributed by atoms with Gasteiger partial charge in [-0.3, -0.25) is 4.79 Å². The Morgan fingerprint density at radius 1 is 1.35 bits per heavy atom. The number of hydrogen-bond acceptors (Lipinski definition) is 3. The Balaban J connectivity index is 2.21. The maximum atomic E-state index is 12.0. The molecule has 1 aliphatic rings. The normalized spacial score (nSPS) is 22.7. The lowest BCUT2D eigenvalue weighted by atomic mass is 9.89. The van der Waals surface area contributed by atoms with Crippen LogP contribution in [0.4, 0.5) is 0 Å². The third-order valence-corrected chi connectivity index (χ3v) is 3.50. The van der Waals surface area contributed by atoms with E-state index in [0.717, 1.165) is 5.56 Å². The van der Waals surface area contributed by atoms with Gasteiger partial charge in [0.05, 0.1) is 12.1 Å². The fraction of sp³-hybridized carbons (Fsp3) is 0.375. The van der Waals surface area contributed by atoms with Crippen LogP contribution in [0.5, 0.6) is 0 Å². The summed E-state index contributed by atoms with van der Waals surface area (Å²) in [7, 11) is 1.52. The van der Waals surface area contributed by atoms with E-state index in [1.807, 2.05) is 42.5 Å². The Kier molecular flexibility index (Phi) is 3.91. The van der Waals surface area contributed by atoms with Crippen molar-refractivity contribution in [3.63, 3.8) is 0 Å². The Labute approximate surface area is 119 Å². The number of hydrogen-bond donors (Lipinski definition) is 0. The largest absolute Gasteiger partial charge is 0.369 e. The van der Waals surface area contributed by atoms with E-state index in [0.29, 0.717) is 0 Å². The van der Waals surface area contributed by atoms with Crippen molar-refractivity contribution >= 4 is 12.0 Å². The summed E-state index contributed by atoms with van der Waals surface area (Å²) in [6.07, 6.45) is 3.37. The molecule has 1 aliphatic heterocycles. The second-order valence-corrected chi connectivity index (χ2v) is 5.30. The van der Waals surface area contributed by atoms with Crippen LogP contribution in [-0.2, 0) is 9.53 Å². The van der Waals surface area contributed by atoms with Crippen molar-refractivity contribution in [1.82, 2.24) is 4.90 Å². The summed E-state index contributed by atoms with van der Waals surface area (Å²) in [4.78, 5) is 13.6. The molecule has 0 saturated carbocycles. The molecule has 0 radical (unpaired) electrons. The van der Waals surface area contributed by atoms with Crippen LogP contribution in [-0.4, -0.2) is 35.6 Å². The molecule has 0 aliphatic carbocycles. The first kappa shape index (κ1) is 14.3. The minimum Gasteiger partial charge on any atom is -0.369 e. The number of β-lactam (4-membered cyclic amide) rings is 1. The molecule has 104 valence electrons. The van der Waals surface area contributed by atoms with E-state index in [4.69, 9.17) is 4.74 Å². The molecule has 4 heteroatoms. The van der Waals surface area contributed by atoms with Gasteiger partial charge < -0.3 is 9.64 Å². The number of rotatable bonds is 4. The molecule has 1 heterocycles. The number of amides is 1. The van der Waals surface area contributed by atoms with Gasteiger partial charge in [-0.15, -0.1) is 0 Å². The highest BCUT2D eigenvalue weighted by Crippen LogP contribution is 2.32. The van der Waals surface area contributed by atoms with Crippen LogP contribution in [0.2, 0.25) is 0 Å².